The number of aromatic nitrogens is 2. The largest absolute Gasteiger partial charge is 0.462 e. The summed E-state index contributed by atoms with van der Waals surface area (Å²) in [7, 11) is 0. The van der Waals surface area contributed by atoms with Gasteiger partial charge in [0.15, 0.2) is 5.11 Å². The highest BCUT2D eigenvalue weighted by molar-refractivity contribution is 7.80. The molecule has 1 aliphatic heterocycles. The molecule has 20 heavy (non-hydrogen) atoms. The average Bonchev–Trinajstić information content (AvgIpc) is 2.88. The summed E-state index contributed by atoms with van der Waals surface area (Å²) in [6, 6.07) is -0.415. The van der Waals surface area contributed by atoms with Crippen LogP contribution in [0.1, 0.15) is 32.5 Å². The monoisotopic (exact) mass is 312 g/mol. The first-order chi connectivity index (χ1) is 9.49. The summed E-state index contributed by atoms with van der Waals surface area (Å²) in [6.45, 7) is 6.15. The van der Waals surface area contributed by atoms with Gasteiger partial charge in [0.25, 0.3) is 0 Å². The lowest BCUT2D eigenvalue weighted by Crippen LogP contribution is -2.45. The highest BCUT2D eigenvalue weighted by Gasteiger charge is 2.32. The van der Waals surface area contributed by atoms with Crippen LogP contribution in [-0.2, 0) is 9.53 Å². The van der Waals surface area contributed by atoms with E-state index in [0.29, 0.717) is 28.7 Å². The first kappa shape index (κ1) is 14.9. The molecule has 8 heteroatoms. The van der Waals surface area contributed by atoms with Crippen LogP contribution in [0, 0.1) is 5.92 Å². The molecule has 108 valence electrons. The fourth-order valence-electron chi connectivity index (χ4n) is 1.80. The third-order valence-electron chi connectivity index (χ3n) is 2.71. The Labute approximate surface area is 126 Å². The van der Waals surface area contributed by atoms with Crippen molar-refractivity contribution in [2.24, 2.45) is 5.92 Å². The average molecular weight is 312 g/mol. The minimum atomic E-state index is -0.415. The Kier molecular flexibility index (Phi) is 4.66. The van der Waals surface area contributed by atoms with E-state index in [9.17, 15) is 4.79 Å². The second kappa shape index (κ2) is 6.27. The normalized spacial score (nSPS) is 18.8. The molecule has 0 radical (unpaired) electrons. The zero-order chi connectivity index (χ0) is 14.7. The summed E-state index contributed by atoms with van der Waals surface area (Å²) in [5, 5.41) is 12.2. The van der Waals surface area contributed by atoms with Crippen LogP contribution in [0.3, 0.4) is 0 Å². The number of hydrogen-bond acceptors (Lipinski definition) is 6. The van der Waals surface area contributed by atoms with Gasteiger partial charge in [-0.05, 0) is 36.6 Å². The Morgan fingerprint density at radius 3 is 2.95 bits per heavy atom. The van der Waals surface area contributed by atoms with E-state index in [0.717, 1.165) is 0 Å². The molecule has 1 atom stereocenters. The molecule has 0 amide bonds. The molecule has 0 aromatic carbocycles. The van der Waals surface area contributed by atoms with E-state index in [2.05, 4.69) is 20.2 Å². The third kappa shape index (κ3) is 3.31. The van der Waals surface area contributed by atoms with Crippen molar-refractivity contribution in [1.29, 1.82) is 0 Å². The minimum Gasteiger partial charge on any atom is -0.462 e. The maximum absolute atomic E-state index is 12.3. The van der Waals surface area contributed by atoms with Crippen LogP contribution in [0.2, 0.25) is 0 Å². The van der Waals surface area contributed by atoms with E-state index in [1.54, 1.807) is 12.3 Å². The third-order valence-corrected chi connectivity index (χ3v) is 3.45. The molecule has 0 saturated carbocycles. The van der Waals surface area contributed by atoms with E-state index in [1.807, 2.05) is 13.8 Å². The summed E-state index contributed by atoms with van der Waals surface area (Å²) < 4.78 is 9.14. The molecule has 0 bridgehead atoms. The molecule has 1 aliphatic rings. The Bertz CT molecular complexity index is 540. The van der Waals surface area contributed by atoms with Crippen LogP contribution in [0.25, 0.3) is 0 Å². The zero-order valence-corrected chi connectivity index (χ0v) is 13.1. The van der Waals surface area contributed by atoms with Gasteiger partial charge in [-0.25, -0.2) is 4.79 Å². The second-order valence-corrected chi connectivity index (χ2v) is 5.91. The molecule has 0 aliphatic carbocycles. The van der Waals surface area contributed by atoms with Crippen molar-refractivity contribution in [1.82, 2.24) is 20.2 Å². The SMILES string of the molecule is CC1=C(C(=O)OCC(C)C)C(c2csnn2)NC(=S)N1. The number of carbonyl (C=O) groups is 1. The van der Waals surface area contributed by atoms with Crippen molar-refractivity contribution in [3.05, 3.63) is 22.3 Å². The van der Waals surface area contributed by atoms with Gasteiger partial charge in [-0.15, -0.1) is 5.10 Å². The highest BCUT2D eigenvalue weighted by Crippen LogP contribution is 2.26. The van der Waals surface area contributed by atoms with Gasteiger partial charge in [-0.3, -0.25) is 0 Å². The van der Waals surface area contributed by atoms with Crippen LogP contribution in [0.15, 0.2) is 16.7 Å². The molecule has 1 aromatic heterocycles. The summed E-state index contributed by atoms with van der Waals surface area (Å²) in [5.41, 5.74) is 1.84. The second-order valence-electron chi connectivity index (χ2n) is 4.89. The van der Waals surface area contributed by atoms with E-state index < -0.39 is 6.04 Å². The number of hydrogen-bond donors (Lipinski definition) is 2. The number of ether oxygens (including phenoxy) is 1. The molecule has 2 N–H and O–H groups in total. The minimum absolute atomic E-state index is 0.282. The lowest BCUT2D eigenvalue weighted by Gasteiger charge is -2.28. The quantitative estimate of drug-likeness (QED) is 0.645. The number of thiocarbonyl (C=S) groups is 1. The van der Waals surface area contributed by atoms with E-state index in [-0.39, 0.29) is 11.9 Å². The van der Waals surface area contributed by atoms with Crippen LogP contribution in [-0.4, -0.2) is 27.3 Å². The van der Waals surface area contributed by atoms with Gasteiger partial charge in [0.2, 0.25) is 0 Å². The number of rotatable bonds is 4. The van der Waals surface area contributed by atoms with Gasteiger partial charge < -0.3 is 15.4 Å². The predicted molar refractivity (Wildman–Crippen MR) is 80.0 cm³/mol. The molecule has 2 rings (SSSR count). The van der Waals surface area contributed by atoms with Crippen molar-refractivity contribution in [2.75, 3.05) is 6.61 Å². The molecule has 0 saturated heterocycles. The first-order valence-corrected chi connectivity index (χ1v) is 7.46. The zero-order valence-electron chi connectivity index (χ0n) is 11.5. The standard InChI is InChI=1S/C12H16N4O2S2/c1-6(2)4-18-11(17)9-7(3)13-12(19)14-10(9)8-5-20-16-15-8/h5-6,10H,4H2,1-3H3,(H2,13,14,19). The Morgan fingerprint density at radius 2 is 2.35 bits per heavy atom. The van der Waals surface area contributed by atoms with Crippen LogP contribution in [0.5, 0.6) is 0 Å². The van der Waals surface area contributed by atoms with Gasteiger partial charge in [0, 0.05) is 11.1 Å². The van der Waals surface area contributed by atoms with Crippen molar-refractivity contribution >= 4 is 34.8 Å². The fraction of sp³-hybridized carbons (Fsp3) is 0.500. The number of nitrogens with one attached hydrogen (secondary N) is 2. The predicted octanol–water partition coefficient (Wildman–Crippen LogP) is 1.53. The van der Waals surface area contributed by atoms with Crippen LogP contribution < -0.4 is 10.6 Å². The lowest BCUT2D eigenvalue weighted by molar-refractivity contribution is -0.140. The Balaban J connectivity index is 2.27. The van der Waals surface area contributed by atoms with E-state index >= 15 is 0 Å². The highest BCUT2D eigenvalue weighted by atomic mass is 32.1. The maximum atomic E-state index is 12.3. The summed E-state index contributed by atoms with van der Waals surface area (Å²) >= 11 is 6.35. The van der Waals surface area contributed by atoms with Crippen LogP contribution >= 0.6 is 23.8 Å². The molecule has 6 nitrogen and oxygen atoms in total. The Morgan fingerprint density at radius 1 is 1.60 bits per heavy atom. The van der Waals surface area contributed by atoms with Gasteiger partial charge in [-0.2, -0.15) is 0 Å². The smallest absolute Gasteiger partial charge is 0.338 e. The van der Waals surface area contributed by atoms with Crippen molar-refractivity contribution in [3.8, 4) is 0 Å². The maximum Gasteiger partial charge on any atom is 0.338 e. The summed E-state index contributed by atoms with van der Waals surface area (Å²) in [6.07, 6.45) is 0. The Hall–Kier alpha value is -1.54. The fourth-order valence-corrected chi connectivity index (χ4v) is 2.55. The van der Waals surface area contributed by atoms with E-state index in [4.69, 9.17) is 17.0 Å². The number of esters is 1. The van der Waals surface area contributed by atoms with Crippen molar-refractivity contribution < 1.29 is 9.53 Å². The molecular formula is C12H16N4O2S2. The molecule has 0 fully saturated rings. The van der Waals surface area contributed by atoms with Gasteiger partial charge in [-0.1, -0.05) is 18.3 Å². The lowest BCUT2D eigenvalue weighted by atomic mass is 10.0. The van der Waals surface area contributed by atoms with Crippen molar-refractivity contribution in [2.45, 2.75) is 26.8 Å². The molecular weight excluding hydrogens is 296 g/mol. The molecule has 2 heterocycles. The summed E-state index contributed by atoms with van der Waals surface area (Å²) in [5.74, 6) is -0.0819. The van der Waals surface area contributed by atoms with E-state index in [1.165, 1.54) is 11.5 Å². The molecule has 0 spiro atoms. The number of carbonyl (C=O) groups excluding carboxylic acids is 1. The van der Waals surface area contributed by atoms with Crippen molar-refractivity contribution in [3.63, 3.8) is 0 Å². The molecule has 1 aromatic rings. The van der Waals surface area contributed by atoms with Gasteiger partial charge in [0.1, 0.15) is 11.7 Å². The number of nitrogens with zero attached hydrogens (tertiary/aromatic N) is 2. The van der Waals surface area contributed by atoms with Gasteiger partial charge >= 0.3 is 5.97 Å². The first-order valence-electron chi connectivity index (χ1n) is 6.21. The molecule has 1 unspecified atom stereocenters. The topological polar surface area (TPSA) is 76.1 Å². The number of allylic oxidation sites excluding steroid dienone is 1. The van der Waals surface area contributed by atoms with Gasteiger partial charge in [0.05, 0.1) is 12.2 Å². The van der Waals surface area contributed by atoms with Crippen LogP contribution in [0.4, 0.5) is 0 Å². The summed E-state index contributed by atoms with van der Waals surface area (Å²) in [4.78, 5) is 12.3.